The van der Waals surface area contributed by atoms with Crippen LogP contribution in [0.1, 0.15) is 98.3 Å². The van der Waals surface area contributed by atoms with Crippen LogP contribution in [-0.4, -0.2) is 12.1 Å². The van der Waals surface area contributed by atoms with E-state index in [2.05, 4.69) is 27.7 Å². The first-order valence-corrected chi connectivity index (χ1v) is 9.61. The molecule has 0 aromatic heterocycles. The van der Waals surface area contributed by atoms with Gasteiger partial charge in [-0.25, -0.2) is 0 Å². The molecule has 0 amide bonds. The molecule has 2 fully saturated rings. The Hall–Kier alpha value is -0.530. The Balaban J connectivity index is 1.64. The second-order valence-electron chi connectivity index (χ2n) is 8.46. The lowest BCUT2D eigenvalue weighted by Gasteiger charge is -2.38. The summed E-state index contributed by atoms with van der Waals surface area (Å²) in [5, 5.41) is 0. The lowest BCUT2D eigenvalue weighted by atomic mass is 9.70. The first kappa shape index (κ1) is 17.8. The predicted octanol–water partition coefficient (Wildman–Crippen LogP) is 5.89. The molecule has 0 aromatic carbocycles. The van der Waals surface area contributed by atoms with E-state index in [4.69, 9.17) is 4.74 Å². The molecule has 2 nitrogen and oxygen atoms in total. The number of rotatable bonds is 9. The summed E-state index contributed by atoms with van der Waals surface area (Å²) in [5.74, 6) is 0.789. The summed E-state index contributed by atoms with van der Waals surface area (Å²) < 4.78 is 5.89. The fourth-order valence-electron chi connectivity index (χ4n) is 4.75. The van der Waals surface area contributed by atoms with Crippen molar-refractivity contribution in [2.75, 3.05) is 0 Å². The van der Waals surface area contributed by atoms with Crippen LogP contribution in [0.3, 0.4) is 0 Å². The maximum Gasteiger partial charge on any atom is 0.306 e. The number of hydrogen-bond donors (Lipinski definition) is 0. The summed E-state index contributed by atoms with van der Waals surface area (Å²) in [5.41, 5.74) is 0.532. The molecule has 0 aromatic rings. The molecule has 128 valence electrons. The largest absolute Gasteiger partial charge is 0.462 e. The number of hydrogen-bond acceptors (Lipinski definition) is 2. The molecule has 2 rings (SSSR count). The zero-order valence-electron chi connectivity index (χ0n) is 15.2. The normalized spacial score (nSPS) is 32.4. The lowest BCUT2D eigenvalue weighted by Crippen LogP contribution is -2.38. The smallest absolute Gasteiger partial charge is 0.306 e. The van der Waals surface area contributed by atoms with Crippen LogP contribution in [0.25, 0.3) is 0 Å². The van der Waals surface area contributed by atoms with Crippen LogP contribution >= 0.6 is 0 Å². The molecular weight excluding hydrogens is 272 g/mol. The van der Waals surface area contributed by atoms with Crippen LogP contribution in [0.2, 0.25) is 0 Å². The number of fused-ring (bicyclic) bond motifs is 2. The molecule has 2 heteroatoms. The third-order valence-electron chi connectivity index (χ3n) is 6.97. The number of carbonyl (C=O) groups is 1. The van der Waals surface area contributed by atoms with Crippen molar-refractivity contribution in [2.24, 2.45) is 16.7 Å². The first-order valence-electron chi connectivity index (χ1n) is 9.61. The molecule has 2 aliphatic carbocycles. The van der Waals surface area contributed by atoms with E-state index in [0.717, 1.165) is 18.8 Å². The van der Waals surface area contributed by atoms with Gasteiger partial charge in [0.2, 0.25) is 0 Å². The minimum absolute atomic E-state index is 0.0446. The van der Waals surface area contributed by atoms with Crippen LogP contribution in [0, 0.1) is 16.7 Å². The van der Waals surface area contributed by atoms with Crippen LogP contribution < -0.4 is 0 Å². The topological polar surface area (TPSA) is 26.3 Å². The highest BCUT2D eigenvalue weighted by molar-refractivity contribution is 5.69. The van der Waals surface area contributed by atoms with Crippen molar-refractivity contribution in [3.05, 3.63) is 0 Å². The third-order valence-corrected chi connectivity index (χ3v) is 6.97. The van der Waals surface area contributed by atoms with Gasteiger partial charge in [-0.3, -0.25) is 4.79 Å². The van der Waals surface area contributed by atoms with E-state index in [9.17, 15) is 4.79 Å². The predicted molar refractivity (Wildman–Crippen MR) is 91.7 cm³/mol. The molecule has 3 atom stereocenters. The Morgan fingerprint density at radius 3 is 2.23 bits per heavy atom. The van der Waals surface area contributed by atoms with Crippen molar-refractivity contribution < 1.29 is 9.53 Å². The van der Waals surface area contributed by atoms with Crippen LogP contribution in [-0.2, 0) is 9.53 Å². The monoisotopic (exact) mass is 308 g/mol. The van der Waals surface area contributed by atoms with Crippen molar-refractivity contribution in [2.45, 2.75) is 104 Å². The molecule has 0 spiro atoms. The lowest BCUT2D eigenvalue weighted by molar-refractivity contribution is -0.157. The van der Waals surface area contributed by atoms with E-state index in [0.29, 0.717) is 11.8 Å². The SMILES string of the molecule is CCCCCCCCCC(=O)OC1CC2CCC1(C)C2(C)C. The highest BCUT2D eigenvalue weighted by Crippen LogP contribution is 2.66. The Bertz CT molecular complexity index is 374. The number of esters is 1. The van der Waals surface area contributed by atoms with Gasteiger partial charge in [0.05, 0.1) is 0 Å². The molecule has 2 saturated carbocycles. The Labute approximate surface area is 137 Å². The van der Waals surface area contributed by atoms with Gasteiger partial charge in [-0.15, -0.1) is 0 Å². The standard InChI is InChI=1S/C20H36O2/c1-5-6-7-8-9-10-11-12-18(21)22-17-15-16-13-14-20(17,4)19(16,2)3/h16-17H,5-15H2,1-4H3. The molecule has 3 unspecified atom stereocenters. The van der Waals surface area contributed by atoms with Gasteiger partial charge < -0.3 is 4.74 Å². The highest BCUT2D eigenvalue weighted by Gasteiger charge is 2.62. The summed E-state index contributed by atoms with van der Waals surface area (Å²) >= 11 is 0. The Morgan fingerprint density at radius 2 is 1.68 bits per heavy atom. The third kappa shape index (κ3) is 3.51. The Morgan fingerprint density at radius 1 is 1.05 bits per heavy atom. The van der Waals surface area contributed by atoms with E-state index in [-0.39, 0.29) is 17.5 Å². The molecule has 2 aliphatic rings. The average Bonchev–Trinajstić information content (AvgIpc) is 2.79. The van der Waals surface area contributed by atoms with E-state index in [1.807, 2.05) is 0 Å². The van der Waals surface area contributed by atoms with Crippen LogP contribution in [0.15, 0.2) is 0 Å². The minimum atomic E-state index is 0.0446. The molecular formula is C20H36O2. The summed E-state index contributed by atoms with van der Waals surface area (Å²) in [6.45, 7) is 9.32. The van der Waals surface area contributed by atoms with Gasteiger partial charge in [0.15, 0.2) is 0 Å². The zero-order valence-corrected chi connectivity index (χ0v) is 15.2. The number of unbranched alkanes of at least 4 members (excludes halogenated alkanes) is 6. The molecule has 2 bridgehead atoms. The van der Waals surface area contributed by atoms with E-state index < -0.39 is 0 Å². The fraction of sp³-hybridized carbons (Fsp3) is 0.950. The molecule has 22 heavy (non-hydrogen) atoms. The summed E-state index contributed by atoms with van der Waals surface area (Å²) in [6.07, 6.45) is 13.2. The molecule has 0 aliphatic heterocycles. The second kappa shape index (κ2) is 7.36. The second-order valence-corrected chi connectivity index (χ2v) is 8.46. The molecule has 0 heterocycles. The van der Waals surface area contributed by atoms with Crippen molar-refractivity contribution in [1.29, 1.82) is 0 Å². The van der Waals surface area contributed by atoms with Crippen LogP contribution in [0.5, 0.6) is 0 Å². The van der Waals surface area contributed by atoms with Gasteiger partial charge in [0.25, 0.3) is 0 Å². The maximum absolute atomic E-state index is 12.1. The van der Waals surface area contributed by atoms with Crippen LogP contribution in [0.4, 0.5) is 0 Å². The van der Waals surface area contributed by atoms with E-state index in [1.165, 1.54) is 51.4 Å². The zero-order chi connectivity index (χ0) is 16.2. The van der Waals surface area contributed by atoms with Crippen molar-refractivity contribution in [1.82, 2.24) is 0 Å². The quantitative estimate of drug-likeness (QED) is 0.392. The van der Waals surface area contributed by atoms with Gasteiger partial charge in [-0.2, -0.15) is 0 Å². The minimum Gasteiger partial charge on any atom is -0.462 e. The number of carbonyl (C=O) groups excluding carboxylic acids is 1. The van der Waals surface area contributed by atoms with Gasteiger partial charge in [0, 0.05) is 11.8 Å². The highest BCUT2D eigenvalue weighted by atomic mass is 16.5. The number of ether oxygens (including phenoxy) is 1. The average molecular weight is 309 g/mol. The summed E-state index contributed by atoms with van der Waals surface area (Å²) in [6, 6.07) is 0. The van der Waals surface area contributed by atoms with Crippen molar-refractivity contribution >= 4 is 5.97 Å². The van der Waals surface area contributed by atoms with Crippen molar-refractivity contribution in [3.8, 4) is 0 Å². The maximum atomic E-state index is 12.1. The van der Waals surface area contributed by atoms with E-state index in [1.54, 1.807) is 0 Å². The summed E-state index contributed by atoms with van der Waals surface area (Å²) in [4.78, 5) is 12.1. The molecule has 0 N–H and O–H groups in total. The van der Waals surface area contributed by atoms with Gasteiger partial charge in [-0.05, 0) is 37.0 Å². The molecule has 0 radical (unpaired) electrons. The first-order chi connectivity index (χ1) is 10.4. The Kier molecular flexibility index (Phi) is 5.96. The van der Waals surface area contributed by atoms with Gasteiger partial charge in [-0.1, -0.05) is 66.2 Å². The van der Waals surface area contributed by atoms with E-state index >= 15 is 0 Å². The summed E-state index contributed by atoms with van der Waals surface area (Å²) in [7, 11) is 0. The van der Waals surface area contributed by atoms with Crippen molar-refractivity contribution in [3.63, 3.8) is 0 Å². The van der Waals surface area contributed by atoms with Gasteiger partial charge in [0.1, 0.15) is 6.10 Å². The fourth-order valence-corrected chi connectivity index (χ4v) is 4.75. The molecule has 0 saturated heterocycles. The van der Waals surface area contributed by atoms with Gasteiger partial charge >= 0.3 is 5.97 Å².